The normalized spacial score (nSPS) is 9.62. The number of anilines is 1. The number of benzene rings is 1. The van der Waals surface area contributed by atoms with Crippen molar-refractivity contribution in [1.82, 2.24) is 4.98 Å². The molecule has 1 heterocycles. The molecule has 6 heteroatoms. The van der Waals surface area contributed by atoms with Crippen molar-refractivity contribution in [3.05, 3.63) is 52.7 Å². The molecule has 0 bridgehead atoms. The minimum absolute atomic E-state index is 0.0520. The Balaban J connectivity index is 2.21. The summed E-state index contributed by atoms with van der Waals surface area (Å²) in [6, 6.07) is 9.09. The Labute approximate surface area is 126 Å². The molecule has 1 aromatic carbocycles. The number of phenols is 1. The van der Waals surface area contributed by atoms with E-state index in [0.29, 0.717) is 10.7 Å². The fraction of sp³-hybridized carbons (Fsp3) is 0.0667. The Morgan fingerprint density at radius 1 is 1.33 bits per heavy atom. The van der Waals surface area contributed by atoms with Gasteiger partial charge >= 0.3 is 0 Å². The van der Waals surface area contributed by atoms with Gasteiger partial charge in [0.1, 0.15) is 23.9 Å². The quantitative estimate of drug-likeness (QED) is 0.741. The summed E-state index contributed by atoms with van der Waals surface area (Å²) < 4.78 is 0. The maximum Gasteiger partial charge on any atom is 0.260 e. The van der Waals surface area contributed by atoms with Gasteiger partial charge in [-0.2, -0.15) is 0 Å². The Kier molecular flexibility index (Phi) is 4.77. The topological polar surface area (TPSA) is 82.5 Å². The highest BCUT2D eigenvalue weighted by molar-refractivity contribution is 6.31. The smallest absolute Gasteiger partial charge is 0.260 e. The number of nitrogens with one attached hydrogen (secondary N) is 1. The second-order valence-electron chi connectivity index (χ2n) is 3.98. The number of rotatable bonds is 2. The number of amides is 1. The summed E-state index contributed by atoms with van der Waals surface area (Å²) in [5, 5.41) is 21.2. The third-order valence-electron chi connectivity index (χ3n) is 2.49. The van der Waals surface area contributed by atoms with Crippen LogP contribution in [-0.4, -0.2) is 27.7 Å². The van der Waals surface area contributed by atoms with Crippen LogP contribution in [0, 0.1) is 11.8 Å². The molecule has 0 saturated heterocycles. The van der Waals surface area contributed by atoms with Gasteiger partial charge in [-0.25, -0.2) is 4.98 Å². The summed E-state index contributed by atoms with van der Waals surface area (Å²) in [7, 11) is 0. The first-order valence-corrected chi connectivity index (χ1v) is 6.34. The van der Waals surface area contributed by atoms with Gasteiger partial charge in [0.05, 0.1) is 5.56 Å². The molecule has 0 spiro atoms. The molecule has 0 unspecified atom stereocenters. The zero-order valence-corrected chi connectivity index (χ0v) is 11.6. The molecule has 3 N–H and O–H groups in total. The molecule has 0 atom stereocenters. The molecule has 2 rings (SSSR count). The standard InChI is InChI=1S/C15H11ClN2O3/c16-10-6-7-13(20)12(9-10)15(21)18-14-5-1-3-11(17-14)4-2-8-19/h1,3,5-7,9,19-20H,8H2,(H,17,18,21). The summed E-state index contributed by atoms with van der Waals surface area (Å²) in [6.45, 7) is -0.269. The number of carbonyl (C=O) groups excluding carboxylic acids is 1. The molecule has 21 heavy (non-hydrogen) atoms. The fourth-order valence-corrected chi connectivity index (χ4v) is 1.75. The molecule has 106 valence electrons. The number of aromatic hydroxyl groups is 1. The van der Waals surface area contributed by atoms with Gasteiger partial charge in [0.25, 0.3) is 5.91 Å². The van der Waals surface area contributed by atoms with Crippen molar-refractivity contribution >= 4 is 23.3 Å². The van der Waals surface area contributed by atoms with Crippen molar-refractivity contribution in [1.29, 1.82) is 0 Å². The van der Waals surface area contributed by atoms with Crippen LogP contribution in [0.3, 0.4) is 0 Å². The van der Waals surface area contributed by atoms with Gasteiger partial charge in [0.15, 0.2) is 0 Å². The summed E-state index contributed by atoms with van der Waals surface area (Å²) >= 11 is 5.80. The third kappa shape index (κ3) is 3.96. The predicted octanol–water partition coefficient (Wildman–Crippen LogP) is 2.04. The maximum absolute atomic E-state index is 12.1. The van der Waals surface area contributed by atoms with Crippen LogP contribution in [-0.2, 0) is 0 Å². The van der Waals surface area contributed by atoms with Gasteiger partial charge in [0, 0.05) is 5.02 Å². The molecular weight excluding hydrogens is 292 g/mol. The lowest BCUT2D eigenvalue weighted by atomic mass is 10.2. The second kappa shape index (κ2) is 6.75. The Morgan fingerprint density at radius 3 is 2.90 bits per heavy atom. The maximum atomic E-state index is 12.1. The number of nitrogens with zero attached hydrogens (tertiary/aromatic N) is 1. The number of phenolic OH excluding ortho intramolecular Hbond substituents is 1. The van der Waals surface area contributed by atoms with E-state index in [1.54, 1.807) is 18.2 Å². The van der Waals surface area contributed by atoms with Crippen molar-refractivity contribution in [2.75, 3.05) is 11.9 Å². The molecule has 2 aromatic rings. The molecule has 0 aliphatic rings. The van der Waals surface area contributed by atoms with Crippen molar-refractivity contribution in [2.45, 2.75) is 0 Å². The summed E-state index contributed by atoms with van der Waals surface area (Å²) in [5.74, 6) is 4.68. The Morgan fingerprint density at radius 2 is 2.14 bits per heavy atom. The van der Waals surface area contributed by atoms with Crippen LogP contribution in [0.5, 0.6) is 5.75 Å². The first-order valence-electron chi connectivity index (χ1n) is 5.97. The highest BCUT2D eigenvalue weighted by atomic mass is 35.5. The van der Waals surface area contributed by atoms with Crippen LogP contribution in [0.1, 0.15) is 16.1 Å². The number of pyridine rings is 1. The van der Waals surface area contributed by atoms with E-state index in [0.717, 1.165) is 0 Å². The number of aliphatic hydroxyl groups excluding tert-OH is 1. The number of aromatic nitrogens is 1. The van der Waals surface area contributed by atoms with Crippen molar-refractivity contribution < 1.29 is 15.0 Å². The van der Waals surface area contributed by atoms with Crippen LogP contribution in [0.4, 0.5) is 5.82 Å². The Bertz CT molecular complexity index is 735. The van der Waals surface area contributed by atoms with Gasteiger partial charge in [-0.3, -0.25) is 4.79 Å². The molecule has 0 aliphatic heterocycles. The average Bonchev–Trinajstić information content (AvgIpc) is 2.48. The van der Waals surface area contributed by atoms with Crippen molar-refractivity contribution in [3.63, 3.8) is 0 Å². The lowest BCUT2D eigenvalue weighted by molar-refractivity contribution is 0.102. The van der Waals surface area contributed by atoms with Crippen molar-refractivity contribution in [2.24, 2.45) is 0 Å². The number of hydrogen-bond acceptors (Lipinski definition) is 4. The van der Waals surface area contributed by atoms with Crippen LogP contribution >= 0.6 is 11.6 Å². The minimum Gasteiger partial charge on any atom is -0.507 e. The summed E-state index contributed by atoms with van der Waals surface area (Å²) in [6.07, 6.45) is 0. The first kappa shape index (κ1) is 14.9. The van der Waals surface area contributed by atoms with E-state index < -0.39 is 5.91 Å². The lowest BCUT2D eigenvalue weighted by Crippen LogP contribution is -2.13. The summed E-state index contributed by atoms with van der Waals surface area (Å²) in [5.41, 5.74) is 0.466. The van der Waals surface area contributed by atoms with E-state index in [-0.39, 0.29) is 23.7 Å². The number of hydrogen-bond donors (Lipinski definition) is 3. The third-order valence-corrected chi connectivity index (χ3v) is 2.72. The molecule has 0 fully saturated rings. The number of carbonyl (C=O) groups is 1. The van der Waals surface area contributed by atoms with Crippen LogP contribution in [0.25, 0.3) is 0 Å². The van der Waals surface area contributed by atoms with Crippen LogP contribution < -0.4 is 5.32 Å². The molecule has 0 aliphatic carbocycles. The number of aliphatic hydroxyl groups is 1. The van der Waals surface area contributed by atoms with E-state index in [4.69, 9.17) is 16.7 Å². The van der Waals surface area contributed by atoms with Crippen LogP contribution in [0.2, 0.25) is 5.02 Å². The molecule has 0 radical (unpaired) electrons. The van der Waals surface area contributed by atoms with E-state index in [1.165, 1.54) is 18.2 Å². The first-order chi connectivity index (χ1) is 10.1. The summed E-state index contributed by atoms with van der Waals surface area (Å²) in [4.78, 5) is 16.2. The van der Waals surface area contributed by atoms with Gasteiger partial charge in [-0.15, -0.1) is 0 Å². The fourth-order valence-electron chi connectivity index (χ4n) is 1.58. The molecule has 1 amide bonds. The van der Waals surface area contributed by atoms with Gasteiger partial charge in [-0.05, 0) is 36.3 Å². The van der Waals surface area contributed by atoms with E-state index in [9.17, 15) is 9.90 Å². The largest absolute Gasteiger partial charge is 0.507 e. The van der Waals surface area contributed by atoms with Gasteiger partial charge in [0.2, 0.25) is 0 Å². The average molecular weight is 303 g/mol. The van der Waals surface area contributed by atoms with E-state index in [1.807, 2.05) is 0 Å². The molecule has 5 nitrogen and oxygen atoms in total. The highest BCUT2D eigenvalue weighted by Gasteiger charge is 2.12. The number of halogens is 1. The zero-order chi connectivity index (χ0) is 15.2. The predicted molar refractivity (Wildman–Crippen MR) is 79.3 cm³/mol. The highest BCUT2D eigenvalue weighted by Crippen LogP contribution is 2.22. The van der Waals surface area contributed by atoms with Gasteiger partial charge < -0.3 is 15.5 Å². The monoisotopic (exact) mass is 302 g/mol. The second-order valence-corrected chi connectivity index (χ2v) is 4.42. The van der Waals surface area contributed by atoms with E-state index >= 15 is 0 Å². The SMILES string of the molecule is O=C(Nc1cccc(C#CCO)n1)c1cc(Cl)ccc1O. The van der Waals surface area contributed by atoms with Crippen molar-refractivity contribution in [3.8, 4) is 17.6 Å². The molecule has 1 aromatic heterocycles. The van der Waals surface area contributed by atoms with Gasteiger partial charge in [-0.1, -0.05) is 23.6 Å². The lowest BCUT2D eigenvalue weighted by Gasteiger charge is -2.06. The molecule has 0 saturated carbocycles. The molecular formula is C15H11ClN2O3. The Hall–Kier alpha value is -2.55. The minimum atomic E-state index is -0.533. The van der Waals surface area contributed by atoms with E-state index in [2.05, 4.69) is 22.1 Å². The zero-order valence-electron chi connectivity index (χ0n) is 10.8. The van der Waals surface area contributed by atoms with Crippen LogP contribution in [0.15, 0.2) is 36.4 Å².